The first-order valence-corrected chi connectivity index (χ1v) is 19.1. The molecule has 4 nitrogen and oxygen atoms in total. The predicted octanol–water partition coefficient (Wildman–Crippen LogP) is 8.87. The van der Waals surface area contributed by atoms with Gasteiger partial charge >= 0.3 is 0 Å². The van der Waals surface area contributed by atoms with Crippen molar-refractivity contribution < 1.29 is 19.0 Å². The van der Waals surface area contributed by atoms with Gasteiger partial charge in [-0.1, -0.05) is 70.5 Å². The summed E-state index contributed by atoms with van der Waals surface area (Å²) in [5.41, 5.74) is 1.13. The molecule has 0 bridgehead atoms. The van der Waals surface area contributed by atoms with Gasteiger partial charge in [0.25, 0.3) is 0 Å². The van der Waals surface area contributed by atoms with Gasteiger partial charge in [-0.25, -0.2) is 0 Å². The first-order valence-electron chi connectivity index (χ1n) is 15.8. The van der Waals surface area contributed by atoms with Crippen molar-refractivity contribution in [2.24, 2.45) is 28.6 Å². The van der Waals surface area contributed by atoms with Gasteiger partial charge in [-0.2, -0.15) is 0 Å². The third-order valence-corrected chi connectivity index (χ3v) is 17.0. The molecule has 1 spiro atoms. The van der Waals surface area contributed by atoms with Crippen LogP contribution in [0.1, 0.15) is 91.5 Å². The molecule has 0 amide bonds. The summed E-state index contributed by atoms with van der Waals surface area (Å²) in [6.07, 6.45) is 12.8. The highest BCUT2D eigenvalue weighted by molar-refractivity contribution is 6.74. The molecule has 7 atom stereocenters. The van der Waals surface area contributed by atoms with Crippen molar-refractivity contribution in [3.63, 3.8) is 0 Å². The molecule has 1 N–H and O–H groups in total. The molecular formula is C34H53ClO4Si. The third kappa shape index (κ3) is 5.41. The average Bonchev–Trinajstić information content (AvgIpc) is 3.48. The molecule has 0 aromatic heterocycles. The van der Waals surface area contributed by atoms with E-state index in [4.69, 9.17) is 25.5 Å². The highest BCUT2D eigenvalue weighted by Gasteiger charge is 2.66. The summed E-state index contributed by atoms with van der Waals surface area (Å²) in [5.74, 6) is 0.482. The lowest BCUT2D eigenvalue weighted by atomic mass is 9.51. The Kier molecular flexibility index (Phi) is 8.53. The number of benzene rings is 1. The lowest BCUT2D eigenvalue weighted by Crippen LogP contribution is -2.57. The zero-order chi connectivity index (χ0) is 29.0. The minimum atomic E-state index is -1.86. The quantitative estimate of drug-likeness (QED) is 0.337. The van der Waals surface area contributed by atoms with Crippen molar-refractivity contribution in [2.75, 3.05) is 13.2 Å². The number of aliphatic hydroxyl groups excluding tert-OH is 1. The molecule has 0 radical (unpaired) electrons. The number of aliphatic hydroxyl groups is 1. The van der Waals surface area contributed by atoms with Gasteiger partial charge in [0.1, 0.15) is 0 Å². The fourth-order valence-electron chi connectivity index (χ4n) is 8.59. The molecule has 4 aliphatic rings. The Morgan fingerprint density at radius 1 is 1.00 bits per heavy atom. The van der Waals surface area contributed by atoms with Gasteiger partial charge in [0.05, 0.1) is 19.3 Å². The van der Waals surface area contributed by atoms with Crippen LogP contribution in [-0.4, -0.2) is 44.6 Å². The van der Waals surface area contributed by atoms with Crippen molar-refractivity contribution in [3.05, 3.63) is 40.9 Å². The standard InChI is InChI=1S/C34H53ClO4Si/c1-31(2,3)40(6,7)39-27-15-18-32(4,25(23-27)10-8-9-24-11-13-26(35)14-12-24)28-16-19-33(5)29(30(28)36)17-20-34(33)37-21-22-38-34/h8-9,11-14,25,27-30,36H,10,15-23H2,1-7H3/b9-8-/t25-,27?,28?,29?,30+,32-,33-/m0/s1. The van der Waals surface area contributed by atoms with Crippen LogP contribution in [0, 0.1) is 28.6 Å². The van der Waals surface area contributed by atoms with Crippen molar-refractivity contribution in [3.8, 4) is 0 Å². The SMILES string of the molecule is CC(C)(C)[Si](C)(C)OC1CC[C@](C)(C2CC[C@@]3(C)C(CCC34OCCO4)[C@@H]2O)[C@@H](C/C=C\c2ccc(Cl)cc2)C1. The minimum Gasteiger partial charge on any atom is -0.414 e. The van der Waals surface area contributed by atoms with E-state index < -0.39 is 14.1 Å². The smallest absolute Gasteiger partial charge is 0.192 e. The molecule has 4 fully saturated rings. The number of hydrogen-bond acceptors (Lipinski definition) is 4. The van der Waals surface area contributed by atoms with E-state index in [1.54, 1.807) is 0 Å². The second kappa shape index (κ2) is 11.1. The number of hydrogen-bond donors (Lipinski definition) is 1. The predicted molar refractivity (Wildman–Crippen MR) is 167 cm³/mol. The number of allylic oxidation sites excluding steroid dienone is 1. The fraction of sp³-hybridized carbons (Fsp3) is 0.765. The molecule has 1 heterocycles. The molecule has 1 aromatic rings. The maximum Gasteiger partial charge on any atom is 0.192 e. The molecule has 1 saturated heterocycles. The van der Waals surface area contributed by atoms with Crippen molar-refractivity contribution >= 4 is 26.0 Å². The first kappa shape index (κ1) is 30.8. The summed E-state index contributed by atoms with van der Waals surface area (Å²) in [4.78, 5) is 0. The van der Waals surface area contributed by atoms with Crippen LogP contribution in [0.3, 0.4) is 0 Å². The van der Waals surface area contributed by atoms with Crippen LogP contribution in [-0.2, 0) is 13.9 Å². The van der Waals surface area contributed by atoms with E-state index >= 15 is 0 Å². The molecule has 3 unspecified atom stereocenters. The Bertz CT molecular complexity index is 1060. The molecule has 3 saturated carbocycles. The van der Waals surface area contributed by atoms with Crippen LogP contribution in [0.25, 0.3) is 6.08 Å². The van der Waals surface area contributed by atoms with Gasteiger partial charge < -0.3 is 19.0 Å². The van der Waals surface area contributed by atoms with E-state index in [0.717, 1.165) is 56.4 Å². The van der Waals surface area contributed by atoms with Gasteiger partial charge in [0, 0.05) is 23.0 Å². The Balaban J connectivity index is 1.37. The van der Waals surface area contributed by atoms with Crippen molar-refractivity contribution in [1.29, 1.82) is 0 Å². The summed E-state index contributed by atoms with van der Waals surface area (Å²) >= 11 is 6.12. The highest BCUT2D eigenvalue weighted by atomic mass is 35.5. The molecule has 224 valence electrons. The summed E-state index contributed by atoms with van der Waals surface area (Å²) in [5, 5.41) is 13.1. The van der Waals surface area contributed by atoms with Gasteiger partial charge in [-0.15, -0.1) is 0 Å². The van der Waals surface area contributed by atoms with Crippen LogP contribution in [0.2, 0.25) is 23.2 Å². The van der Waals surface area contributed by atoms with E-state index in [1.165, 1.54) is 5.56 Å². The third-order valence-electron chi connectivity index (χ3n) is 12.2. The van der Waals surface area contributed by atoms with E-state index in [2.05, 4.69) is 72.0 Å². The average molecular weight is 589 g/mol. The second-order valence-corrected chi connectivity index (χ2v) is 20.5. The Labute approximate surface area is 249 Å². The Morgan fingerprint density at radius 3 is 2.30 bits per heavy atom. The van der Waals surface area contributed by atoms with Crippen LogP contribution < -0.4 is 0 Å². The zero-order valence-electron chi connectivity index (χ0n) is 26.0. The first-order chi connectivity index (χ1) is 18.7. The second-order valence-electron chi connectivity index (χ2n) is 15.3. The van der Waals surface area contributed by atoms with Gasteiger partial charge in [0.2, 0.25) is 0 Å². The Morgan fingerprint density at radius 2 is 1.65 bits per heavy atom. The maximum atomic E-state index is 12.1. The van der Waals surface area contributed by atoms with Gasteiger partial charge in [-0.05, 0) is 104 Å². The summed E-state index contributed by atoms with van der Waals surface area (Å²) in [6.45, 7) is 17.9. The normalized spacial score (nSPS) is 38.3. The van der Waals surface area contributed by atoms with Crippen molar-refractivity contribution in [1.82, 2.24) is 0 Å². The Hall–Kier alpha value is -0.693. The van der Waals surface area contributed by atoms with E-state index in [0.29, 0.717) is 25.2 Å². The molecule has 3 aliphatic carbocycles. The summed E-state index contributed by atoms with van der Waals surface area (Å²) in [6, 6.07) is 8.07. The highest BCUT2D eigenvalue weighted by Crippen LogP contribution is 2.65. The largest absolute Gasteiger partial charge is 0.414 e. The fourth-order valence-corrected chi connectivity index (χ4v) is 10.1. The molecule has 5 rings (SSSR count). The lowest BCUT2D eigenvalue weighted by Gasteiger charge is -2.57. The van der Waals surface area contributed by atoms with Crippen LogP contribution in [0.5, 0.6) is 0 Å². The van der Waals surface area contributed by atoms with Gasteiger partial charge in [-0.3, -0.25) is 0 Å². The number of ether oxygens (including phenoxy) is 2. The van der Waals surface area contributed by atoms with Crippen LogP contribution in [0.15, 0.2) is 30.3 Å². The van der Waals surface area contributed by atoms with E-state index in [1.807, 2.05) is 12.1 Å². The van der Waals surface area contributed by atoms with Gasteiger partial charge in [0.15, 0.2) is 14.1 Å². The summed E-state index contributed by atoms with van der Waals surface area (Å²) in [7, 11) is -1.86. The zero-order valence-corrected chi connectivity index (χ0v) is 27.7. The number of rotatable bonds is 6. The lowest BCUT2D eigenvalue weighted by molar-refractivity contribution is -0.250. The number of halogens is 1. The monoisotopic (exact) mass is 588 g/mol. The van der Waals surface area contributed by atoms with Crippen LogP contribution >= 0.6 is 11.6 Å². The van der Waals surface area contributed by atoms with E-state index in [9.17, 15) is 5.11 Å². The topological polar surface area (TPSA) is 47.9 Å². The van der Waals surface area contributed by atoms with Crippen LogP contribution in [0.4, 0.5) is 0 Å². The minimum absolute atomic E-state index is 0.0610. The molecule has 6 heteroatoms. The number of fused-ring (bicyclic) bond motifs is 2. The summed E-state index contributed by atoms with van der Waals surface area (Å²) < 4.78 is 19.6. The molecule has 1 aliphatic heterocycles. The maximum absolute atomic E-state index is 12.1. The molecular weight excluding hydrogens is 536 g/mol. The van der Waals surface area contributed by atoms with E-state index in [-0.39, 0.29) is 33.8 Å². The molecule has 1 aromatic carbocycles. The molecule has 40 heavy (non-hydrogen) atoms. The van der Waals surface area contributed by atoms with Crippen molar-refractivity contribution in [2.45, 2.75) is 122 Å².